The molecule has 1 amide bonds. The first-order valence-corrected chi connectivity index (χ1v) is 9.06. The average Bonchev–Trinajstić information content (AvgIpc) is 3.16. The van der Waals surface area contributed by atoms with E-state index in [1.807, 2.05) is 6.92 Å². The second-order valence-electron chi connectivity index (χ2n) is 6.30. The molecule has 0 spiro atoms. The molecule has 1 aromatic carbocycles. The van der Waals surface area contributed by atoms with Crippen LogP contribution in [0.5, 0.6) is 5.75 Å². The van der Waals surface area contributed by atoms with E-state index in [2.05, 4.69) is 21.0 Å². The van der Waals surface area contributed by atoms with Crippen molar-refractivity contribution in [3.63, 3.8) is 0 Å². The third-order valence-electron chi connectivity index (χ3n) is 4.29. The van der Waals surface area contributed by atoms with Gasteiger partial charge in [0.25, 0.3) is 5.96 Å². The van der Waals surface area contributed by atoms with Crippen LogP contribution >= 0.6 is 15.9 Å². The zero-order chi connectivity index (χ0) is 18.7. The van der Waals surface area contributed by atoms with Crippen molar-refractivity contribution < 1.29 is 19.3 Å². The molecule has 0 aromatic heterocycles. The molecule has 3 rings (SSSR count). The highest BCUT2D eigenvalue weighted by molar-refractivity contribution is 9.10. The van der Waals surface area contributed by atoms with Crippen LogP contribution in [0.3, 0.4) is 0 Å². The second kappa shape index (κ2) is 8.00. The number of hydrazone groups is 1. The summed E-state index contributed by atoms with van der Waals surface area (Å²) in [5.41, 5.74) is 0. The lowest BCUT2D eigenvalue weighted by atomic mass is 10.1. The van der Waals surface area contributed by atoms with Crippen LogP contribution in [0.4, 0.5) is 4.79 Å². The summed E-state index contributed by atoms with van der Waals surface area (Å²) in [6, 6.07) is 6.76. The molecule has 2 aliphatic rings. The number of rotatable bonds is 4. The first-order chi connectivity index (χ1) is 12.4. The number of benzene rings is 1. The monoisotopic (exact) mass is 426 g/mol. The van der Waals surface area contributed by atoms with E-state index in [0.29, 0.717) is 25.4 Å². The fourth-order valence-corrected chi connectivity index (χ4v) is 3.40. The molecular weight excluding hydrogens is 408 g/mol. The van der Waals surface area contributed by atoms with Gasteiger partial charge in [0.15, 0.2) is 5.03 Å². The summed E-state index contributed by atoms with van der Waals surface area (Å²) in [6.07, 6.45) is 0.370. The zero-order valence-electron chi connectivity index (χ0n) is 14.2. The molecule has 0 bridgehead atoms. The minimum Gasteiger partial charge on any atom is -0.410 e. The SMILES string of the molecule is CC1CC(CN2CCN(C(=O)Oc3ccc(Br)cc3)C2=N[N+](=O)[O-])CO1. The summed E-state index contributed by atoms with van der Waals surface area (Å²) < 4.78 is 11.7. The van der Waals surface area contributed by atoms with Crippen molar-refractivity contribution in [3.05, 3.63) is 38.9 Å². The van der Waals surface area contributed by atoms with E-state index in [4.69, 9.17) is 9.47 Å². The molecule has 2 saturated heterocycles. The fraction of sp³-hybridized carbons (Fsp3) is 0.500. The number of ether oxygens (including phenoxy) is 2. The van der Waals surface area contributed by atoms with Gasteiger partial charge in [-0.2, -0.15) is 0 Å². The van der Waals surface area contributed by atoms with Crippen molar-refractivity contribution in [1.82, 2.24) is 9.80 Å². The van der Waals surface area contributed by atoms with Crippen LogP contribution in [0.2, 0.25) is 0 Å². The molecule has 0 radical (unpaired) electrons. The summed E-state index contributed by atoms with van der Waals surface area (Å²) in [6.45, 7) is 3.90. The number of halogens is 1. The highest BCUT2D eigenvalue weighted by atomic mass is 79.9. The van der Waals surface area contributed by atoms with Crippen molar-refractivity contribution in [2.45, 2.75) is 19.4 Å². The van der Waals surface area contributed by atoms with Gasteiger partial charge in [0.2, 0.25) is 0 Å². The lowest BCUT2D eigenvalue weighted by molar-refractivity contribution is -0.486. The van der Waals surface area contributed by atoms with Crippen molar-refractivity contribution in [1.29, 1.82) is 0 Å². The Morgan fingerprint density at radius 2 is 2.15 bits per heavy atom. The number of carbonyl (C=O) groups excluding carboxylic acids is 1. The number of guanidine groups is 1. The van der Waals surface area contributed by atoms with Gasteiger partial charge in [0.05, 0.1) is 19.3 Å². The molecular formula is C16H19BrN4O5. The van der Waals surface area contributed by atoms with Gasteiger partial charge in [-0.15, -0.1) is 0 Å². The Hall–Kier alpha value is -2.20. The van der Waals surface area contributed by atoms with Crippen LogP contribution in [-0.2, 0) is 4.74 Å². The van der Waals surface area contributed by atoms with E-state index in [-0.39, 0.29) is 24.5 Å². The van der Waals surface area contributed by atoms with Gasteiger partial charge in [0.1, 0.15) is 10.9 Å². The predicted molar refractivity (Wildman–Crippen MR) is 96.4 cm³/mol. The third kappa shape index (κ3) is 4.50. The first kappa shape index (κ1) is 18.6. The third-order valence-corrected chi connectivity index (χ3v) is 4.82. The number of hydrogen-bond donors (Lipinski definition) is 0. The lowest BCUT2D eigenvalue weighted by Gasteiger charge is -2.21. The van der Waals surface area contributed by atoms with Crippen molar-refractivity contribution in [2.24, 2.45) is 11.0 Å². The Bertz CT molecular complexity index is 711. The molecule has 0 saturated carbocycles. The topological polar surface area (TPSA) is 97.5 Å². The smallest absolute Gasteiger partial charge is 0.410 e. The molecule has 2 fully saturated rings. The second-order valence-corrected chi connectivity index (χ2v) is 7.22. The number of carbonyl (C=O) groups is 1. The van der Waals surface area contributed by atoms with Gasteiger partial charge >= 0.3 is 6.09 Å². The summed E-state index contributed by atoms with van der Waals surface area (Å²) in [5, 5.41) is 13.6. The quantitative estimate of drug-likeness (QED) is 0.541. The van der Waals surface area contributed by atoms with E-state index in [0.717, 1.165) is 10.9 Å². The highest BCUT2D eigenvalue weighted by Crippen LogP contribution is 2.23. The number of nitro groups is 1. The van der Waals surface area contributed by atoms with Gasteiger partial charge in [-0.3, -0.25) is 0 Å². The Labute approximate surface area is 158 Å². The maximum absolute atomic E-state index is 12.5. The van der Waals surface area contributed by atoms with Crippen LogP contribution in [0.1, 0.15) is 13.3 Å². The molecule has 2 aliphatic heterocycles. The maximum Gasteiger partial charge on any atom is 0.422 e. The first-order valence-electron chi connectivity index (χ1n) is 8.27. The van der Waals surface area contributed by atoms with E-state index in [1.165, 1.54) is 4.90 Å². The molecule has 9 nitrogen and oxygen atoms in total. The Morgan fingerprint density at radius 1 is 1.42 bits per heavy atom. The van der Waals surface area contributed by atoms with Crippen LogP contribution < -0.4 is 4.74 Å². The molecule has 26 heavy (non-hydrogen) atoms. The molecule has 2 unspecified atom stereocenters. The molecule has 140 valence electrons. The summed E-state index contributed by atoms with van der Waals surface area (Å²) in [4.78, 5) is 26.3. The van der Waals surface area contributed by atoms with Gasteiger partial charge in [-0.05, 0) is 37.6 Å². The van der Waals surface area contributed by atoms with E-state index in [9.17, 15) is 14.9 Å². The van der Waals surface area contributed by atoms with E-state index >= 15 is 0 Å². The number of amides is 1. The van der Waals surface area contributed by atoms with Gasteiger partial charge in [0, 0.05) is 23.5 Å². The largest absolute Gasteiger partial charge is 0.422 e. The van der Waals surface area contributed by atoms with Crippen molar-refractivity contribution >= 4 is 28.0 Å². The van der Waals surface area contributed by atoms with E-state index < -0.39 is 11.1 Å². The minimum atomic E-state index is -0.790. The number of nitrogens with zero attached hydrogens (tertiary/aromatic N) is 4. The van der Waals surface area contributed by atoms with Crippen LogP contribution in [0, 0.1) is 16.0 Å². The molecule has 2 atom stereocenters. The molecule has 0 N–H and O–H groups in total. The molecule has 1 aromatic rings. The average molecular weight is 427 g/mol. The predicted octanol–water partition coefficient (Wildman–Crippen LogP) is 2.54. The molecule has 10 heteroatoms. The van der Waals surface area contributed by atoms with E-state index in [1.54, 1.807) is 29.2 Å². The lowest BCUT2D eigenvalue weighted by Crippen LogP contribution is -2.41. The van der Waals surface area contributed by atoms with Crippen LogP contribution in [0.15, 0.2) is 33.8 Å². The Kier molecular flexibility index (Phi) is 5.72. The number of hydrogen-bond acceptors (Lipinski definition) is 5. The standard InChI is InChI=1S/C16H19BrN4O5/c1-11-8-12(10-25-11)9-19-6-7-20(15(19)18-21(23)24)16(22)26-14-4-2-13(17)3-5-14/h2-5,11-12H,6-10H2,1H3. The van der Waals surface area contributed by atoms with Gasteiger partial charge in [-0.25, -0.2) is 19.8 Å². The minimum absolute atomic E-state index is 0.0108. The molecule has 2 heterocycles. The van der Waals surface area contributed by atoms with Crippen LogP contribution in [0.25, 0.3) is 0 Å². The molecule has 0 aliphatic carbocycles. The maximum atomic E-state index is 12.5. The highest BCUT2D eigenvalue weighted by Gasteiger charge is 2.37. The zero-order valence-corrected chi connectivity index (χ0v) is 15.8. The Balaban J connectivity index is 1.70. The summed E-state index contributed by atoms with van der Waals surface area (Å²) >= 11 is 3.31. The van der Waals surface area contributed by atoms with Gasteiger partial charge in [-0.1, -0.05) is 15.9 Å². The fourth-order valence-electron chi connectivity index (χ4n) is 3.13. The summed E-state index contributed by atoms with van der Waals surface area (Å²) in [5.74, 6) is 0.621. The van der Waals surface area contributed by atoms with Crippen LogP contribution in [-0.4, -0.2) is 59.2 Å². The summed E-state index contributed by atoms with van der Waals surface area (Å²) in [7, 11) is 0. The van der Waals surface area contributed by atoms with Crippen molar-refractivity contribution in [2.75, 3.05) is 26.2 Å². The normalized spacial score (nSPS) is 24.3. The Morgan fingerprint density at radius 3 is 2.77 bits per heavy atom. The van der Waals surface area contributed by atoms with Gasteiger partial charge < -0.3 is 14.4 Å². The van der Waals surface area contributed by atoms with Crippen molar-refractivity contribution in [3.8, 4) is 5.75 Å².